The molecule has 0 saturated carbocycles. The van der Waals surface area contributed by atoms with Crippen LogP contribution in [0.2, 0.25) is 5.02 Å². The van der Waals surface area contributed by atoms with E-state index in [1.54, 1.807) is 12.1 Å². The fourth-order valence-electron chi connectivity index (χ4n) is 1.96. The molecule has 0 heterocycles. The summed E-state index contributed by atoms with van der Waals surface area (Å²) < 4.78 is 10.3. The molecule has 23 heavy (non-hydrogen) atoms. The van der Waals surface area contributed by atoms with Crippen LogP contribution < -0.4 is 20.1 Å². The SMILES string of the molecule is CCCCCNC(=O)CC(=O)Nc1cc(OC)c(Cl)cc1OC. The molecule has 0 aliphatic carbocycles. The number of nitrogens with one attached hydrogen (secondary N) is 2. The van der Waals surface area contributed by atoms with Crippen molar-refractivity contribution in [2.24, 2.45) is 0 Å². The summed E-state index contributed by atoms with van der Waals surface area (Å²) in [4.78, 5) is 23.7. The summed E-state index contributed by atoms with van der Waals surface area (Å²) in [6.45, 7) is 2.67. The summed E-state index contributed by atoms with van der Waals surface area (Å²) in [5, 5.41) is 5.72. The summed E-state index contributed by atoms with van der Waals surface area (Å²) in [5.41, 5.74) is 0.400. The van der Waals surface area contributed by atoms with Crippen molar-refractivity contribution in [3.8, 4) is 11.5 Å². The van der Waals surface area contributed by atoms with E-state index in [-0.39, 0.29) is 12.3 Å². The third-order valence-corrected chi connectivity index (χ3v) is 3.47. The maximum atomic E-state index is 12.0. The summed E-state index contributed by atoms with van der Waals surface area (Å²) in [6.07, 6.45) is 2.79. The molecule has 1 aromatic carbocycles. The Kier molecular flexibility index (Phi) is 8.26. The lowest BCUT2D eigenvalue weighted by molar-refractivity contribution is -0.126. The molecule has 6 nitrogen and oxygen atoms in total. The number of rotatable bonds is 9. The minimum Gasteiger partial charge on any atom is -0.495 e. The molecular weight excluding hydrogens is 320 g/mol. The van der Waals surface area contributed by atoms with E-state index in [2.05, 4.69) is 17.6 Å². The van der Waals surface area contributed by atoms with Crippen molar-refractivity contribution in [1.82, 2.24) is 5.32 Å². The monoisotopic (exact) mass is 342 g/mol. The molecule has 7 heteroatoms. The number of amides is 2. The maximum Gasteiger partial charge on any atom is 0.233 e. The molecule has 0 spiro atoms. The van der Waals surface area contributed by atoms with Crippen LogP contribution in [0.15, 0.2) is 12.1 Å². The fourth-order valence-corrected chi connectivity index (χ4v) is 2.19. The van der Waals surface area contributed by atoms with Gasteiger partial charge < -0.3 is 20.1 Å². The Morgan fingerprint density at radius 3 is 2.39 bits per heavy atom. The normalized spacial score (nSPS) is 10.1. The van der Waals surface area contributed by atoms with Crippen molar-refractivity contribution >= 4 is 29.1 Å². The van der Waals surface area contributed by atoms with Gasteiger partial charge in [0, 0.05) is 18.7 Å². The standard InChI is InChI=1S/C16H23ClN2O4/c1-4-5-6-7-18-15(20)10-16(21)19-12-9-13(22-2)11(17)8-14(12)23-3/h8-9H,4-7,10H2,1-3H3,(H,18,20)(H,19,21). The average molecular weight is 343 g/mol. The van der Waals surface area contributed by atoms with Crippen molar-refractivity contribution in [3.63, 3.8) is 0 Å². The molecule has 0 bridgehead atoms. The Bertz CT molecular complexity index is 549. The van der Waals surface area contributed by atoms with Gasteiger partial charge in [0.1, 0.15) is 17.9 Å². The highest BCUT2D eigenvalue weighted by Crippen LogP contribution is 2.35. The third-order valence-electron chi connectivity index (χ3n) is 3.17. The van der Waals surface area contributed by atoms with Crippen molar-refractivity contribution < 1.29 is 19.1 Å². The summed E-state index contributed by atoms with van der Waals surface area (Å²) in [7, 11) is 2.94. The van der Waals surface area contributed by atoms with Crippen LogP contribution in [0.1, 0.15) is 32.6 Å². The number of methoxy groups -OCH3 is 2. The first-order valence-corrected chi connectivity index (χ1v) is 7.87. The second-order valence-corrected chi connectivity index (χ2v) is 5.38. The fraction of sp³-hybridized carbons (Fsp3) is 0.500. The first-order chi connectivity index (χ1) is 11.0. The number of hydrogen-bond acceptors (Lipinski definition) is 4. The topological polar surface area (TPSA) is 76.7 Å². The second-order valence-electron chi connectivity index (χ2n) is 4.97. The Hall–Kier alpha value is -1.95. The Labute approximate surface area is 141 Å². The van der Waals surface area contributed by atoms with Crippen LogP contribution in [-0.4, -0.2) is 32.6 Å². The van der Waals surface area contributed by atoms with Crippen LogP contribution in [0.5, 0.6) is 11.5 Å². The van der Waals surface area contributed by atoms with Crippen molar-refractivity contribution in [2.45, 2.75) is 32.6 Å². The molecule has 0 aliphatic heterocycles. The number of ether oxygens (including phenoxy) is 2. The molecule has 2 amide bonds. The Morgan fingerprint density at radius 1 is 1.09 bits per heavy atom. The van der Waals surface area contributed by atoms with Crippen LogP contribution in [0.4, 0.5) is 5.69 Å². The van der Waals surface area contributed by atoms with Crippen LogP contribution in [0.25, 0.3) is 0 Å². The highest BCUT2D eigenvalue weighted by Gasteiger charge is 2.14. The zero-order valence-electron chi connectivity index (χ0n) is 13.7. The molecule has 0 unspecified atom stereocenters. The number of hydrogen-bond donors (Lipinski definition) is 2. The summed E-state index contributed by atoms with van der Waals surface area (Å²) in [6, 6.07) is 3.10. The predicted octanol–water partition coefficient (Wildman–Crippen LogP) is 2.99. The van der Waals surface area contributed by atoms with Crippen LogP contribution >= 0.6 is 11.6 Å². The zero-order chi connectivity index (χ0) is 17.2. The Morgan fingerprint density at radius 2 is 1.78 bits per heavy atom. The Balaban J connectivity index is 2.61. The molecule has 1 rings (SSSR count). The number of carbonyl (C=O) groups excluding carboxylic acids is 2. The summed E-state index contributed by atoms with van der Waals surface area (Å²) >= 11 is 6.00. The average Bonchev–Trinajstić information content (AvgIpc) is 2.52. The zero-order valence-corrected chi connectivity index (χ0v) is 14.5. The van der Waals surface area contributed by atoms with Gasteiger partial charge in [0.2, 0.25) is 11.8 Å². The molecule has 0 fully saturated rings. The summed E-state index contributed by atoms with van der Waals surface area (Å²) in [5.74, 6) is 0.0680. The number of carbonyl (C=O) groups is 2. The molecule has 1 aromatic rings. The molecule has 0 radical (unpaired) electrons. The van der Waals surface area contributed by atoms with E-state index in [0.29, 0.717) is 28.8 Å². The number of halogens is 1. The smallest absolute Gasteiger partial charge is 0.233 e. The van der Waals surface area contributed by atoms with Crippen LogP contribution in [0.3, 0.4) is 0 Å². The number of anilines is 1. The van der Waals surface area contributed by atoms with Gasteiger partial charge in [0.15, 0.2) is 0 Å². The van der Waals surface area contributed by atoms with Crippen LogP contribution in [-0.2, 0) is 9.59 Å². The molecule has 0 atom stereocenters. The van der Waals surface area contributed by atoms with Gasteiger partial charge >= 0.3 is 0 Å². The predicted molar refractivity (Wildman–Crippen MR) is 90.3 cm³/mol. The molecular formula is C16H23ClN2O4. The van der Waals surface area contributed by atoms with Gasteiger partial charge in [-0.15, -0.1) is 0 Å². The largest absolute Gasteiger partial charge is 0.495 e. The lowest BCUT2D eigenvalue weighted by Crippen LogP contribution is -2.28. The lowest BCUT2D eigenvalue weighted by Gasteiger charge is -2.13. The van der Waals surface area contributed by atoms with Crippen LogP contribution in [0, 0.1) is 0 Å². The molecule has 2 N–H and O–H groups in total. The molecule has 128 valence electrons. The lowest BCUT2D eigenvalue weighted by atomic mass is 10.2. The van der Waals surface area contributed by atoms with Gasteiger partial charge in [0.25, 0.3) is 0 Å². The molecule has 0 aliphatic rings. The third kappa shape index (κ3) is 6.36. The van der Waals surface area contributed by atoms with E-state index in [1.807, 2.05) is 0 Å². The minimum absolute atomic E-state index is 0.250. The van der Waals surface area contributed by atoms with E-state index in [0.717, 1.165) is 19.3 Å². The highest BCUT2D eigenvalue weighted by atomic mass is 35.5. The highest BCUT2D eigenvalue weighted by molar-refractivity contribution is 6.32. The van der Waals surface area contributed by atoms with E-state index >= 15 is 0 Å². The van der Waals surface area contributed by atoms with Gasteiger partial charge in [0.05, 0.1) is 24.9 Å². The van der Waals surface area contributed by atoms with Gasteiger partial charge in [-0.25, -0.2) is 0 Å². The van der Waals surface area contributed by atoms with Gasteiger partial charge in [-0.2, -0.15) is 0 Å². The van der Waals surface area contributed by atoms with Crippen molar-refractivity contribution in [3.05, 3.63) is 17.2 Å². The number of benzene rings is 1. The van der Waals surface area contributed by atoms with E-state index in [9.17, 15) is 9.59 Å². The van der Waals surface area contributed by atoms with Gasteiger partial charge in [-0.05, 0) is 6.42 Å². The van der Waals surface area contributed by atoms with E-state index in [4.69, 9.17) is 21.1 Å². The van der Waals surface area contributed by atoms with Crippen molar-refractivity contribution in [1.29, 1.82) is 0 Å². The van der Waals surface area contributed by atoms with Crippen molar-refractivity contribution in [2.75, 3.05) is 26.1 Å². The first kappa shape index (κ1) is 19.1. The van der Waals surface area contributed by atoms with Gasteiger partial charge in [-0.3, -0.25) is 9.59 Å². The van der Waals surface area contributed by atoms with E-state index in [1.165, 1.54) is 14.2 Å². The molecule has 0 aromatic heterocycles. The minimum atomic E-state index is -0.430. The maximum absolute atomic E-state index is 12.0. The second kappa shape index (κ2) is 9.94. The van der Waals surface area contributed by atoms with Gasteiger partial charge in [-0.1, -0.05) is 31.4 Å². The molecule has 0 saturated heterocycles. The first-order valence-electron chi connectivity index (χ1n) is 7.49. The quantitative estimate of drug-likeness (QED) is 0.534. The van der Waals surface area contributed by atoms with E-state index < -0.39 is 5.91 Å². The number of unbranched alkanes of at least 4 members (excludes halogenated alkanes) is 2.